The molecule has 0 amide bonds. The lowest BCUT2D eigenvalue weighted by molar-refractivity contribution is -0.145. The van der Waals surface area contributed by atoms with Crippen LogP contribution in [-0.4, -0.2) is 24.7 Å². The van der Waals surface area contributed by atoms with E-state index in [-0.39, 0.29) is 5.78 Å². The molecule has 1 rings (SSSR count). The highest BCUT2D eigenvalue weighted by Gasteiger charge is 2.28. The lowest BCUT2D eigenvalue weighted by atomic mass is 9.92. The number of ketones is 1. The molecule has 1 unspecified atom stereocenters. The summed E-state index contributed by atoms with van der Waals surface area (Å²) in [5.74, 6) is -0.900. The Kier molecular flexibility index (Phi) is 6.44. The highest BCUT2D eigenvalue weighted by Crippen LogP contribution is 2.21. The molecular formula is C14H17ClO3. The predicted molar refractivity (Wildman–Crippen MR) is 70.8 cm³/mol. The number of carbonyl (C=O) groups is 2. The molecule has 0 aliphatic heterocycles. The summed E-state index contributed by atoms with van der Waals surface area (Å²) in [5, 5.41) is 0. The molecule has 0 aliphatic rings. The number of benzene rings is 1. The van der Waals surface area contributed by atoms with Crippen LogP contribution in [0.1, 0.15) is 30.7 Å². The molecule has 98 valence electrons. The number of ether oxygens (including phenoxy) is 1. The second-order valence-electron chi connectivity index (χ2n) is 3.98. The first-order valence-corrected chi connectivity index (χ1v) is 6.45. The Morgan fingerprint density at radius 1 is 1.22 bits per heavy atom. The van der Waals surface area contributed by atoms with Crippen LogP contribution in [0.4, 0.5) is 0 Å². The van der Waals surface area contributed by atoms with Crippen LogP contribution in [0.5, 0.6) is 0 Å². The largest absolute Gasteiger partial charge is 0.468 e. The third kappa shape index (κ3) is 4.15. The zero-order valence-electron chi connectivity index (χ0n) is 10.4. The maximum absolute atomic E-state index is 12.1. The van der Waals surface area contributed by atoms with E-state index in [9.17, 15) is 9.59 Å². The Hall–Kier alpha value is -1.35. The van der Waals surface area contributed by atoms with Crippen LogP contribution in [0.15, 0.2) is 30.3 Å². The normalized spacial score (nSPS) is 11.9. The Balaban J connectivity index is 2.79. The van der Waals surface area contributed by atoms with Crippen molar-refractivity contribution >= 4 is 23.4 Å². The zero-order chi connectivity index (χ0) is 13.4. The molecule has 0 aromatic heterocycles. The summed E-state index contributed by atoms with van der Waals surface area (Å²) in [5.41, 5.74) is 0.681. The summed E-state index contributed by atoms with van der Waals surface area (Å²) in [6, 6.07) is 8.98. The van der Waals surface area contributed by atoms with Gasteiger partial charge in [-0.3, -0.25) is 9.59 Å². The molecule has 0 radical (unpaired) electrons. The number of rotatable bonds is 7. The van der Waals surface area contributed by atoms with Gasteiger partial charge in [-0.25, -0.2) is 0 Å². The van der Waals surface area contributed by atoms with Crippen LogP contribution in [0.2, 0.25) is 0 Å². The standard InChI is InChI=1S/C14H17ClO3/c1-18-14(17)13(11-7-3-2-4-8-11)12(16)9-5-6-10-15/h2-4,7-8,13H,5-6,9-10H2,1H3. The van der Waals surface area contributed by atoms with Gasteiger partial charge in [0.1, 0.15) is 5.92 Å². The fraction of sp³-hybridized carbons (Fsp3) is 0.429. The van der Waals surface area contributed by atoms with E-state index in [0.29, 0.717) is 24.3 Å². The van der Waals surface area contributed by atoms with Crippen LogP contribution in [0.3, 0.4) is 0 Å². The van der Waals surface area contributed by atoms with E-state index < -0.39 is 11.9 Å². The average molecular weight is 269 g/mol. The van der Waals surface area contributed by atoms with E-state index in [0.717, 1.165) is 6.42 Å². The topological polar surface area (TPSA) is 43.4 Å². The van der Waals surface area contributed by atoms with Gasteiger partial charge in [-0.2, -0.15) is 0 Å². The minimum absolute atomic E-state index is 0.113. The molecule has 1 aromatic rings. The Morgan fingerprint density at radius 3 is 2.44 bits per heavy atom. The first-order valence-electron chi connectivity index (χ1n) is 5.92. The van der Waals surface area contributed by atoms with Crippen molar-refractivity contribution in [1.29, 1.82) is 0 Å². The number of hydrogen-bond donors (Lipinski definition) is 0. The van der Waals surface area contributed by atoms with Gasteiger partial charge in [0.05, 0.1) is 7.11 Å². The van der Waals surface area contributed by atoms with Crippen molar-refractivity contribution < 1.29 is 14.3 Å². The minimum atomic E-state index is -0.813. The number of esters is 1. The van der Waals surface area contributed by atoms with Crippen LogP contribution in [0.25, 0.3) is 0 Å². The number of halogens is 1. The van der Waals surface area contributed by atoms with E-state index in [4.69, 9.17) is 16.3 Å². The summed E-state index contributed by atoms with van der Waals surface area (Å²) in [7, 11) is 1.30. The number of unbranched alkanes of at least 4 members (excludes halogenated alkanes) is 1. The molecule has 0 bridgehead atoms. The van der Waals surface area contributed by atoms with Crippen LogP contribution in [-0.2, 0) is 14.3 Å². The van der Waals surface area contributed by atoms with E-state index >= 15 is 0 Å². The molecule has 1 aromatic carbocycles. The monoisotopic (exact) mass is 268 g/mol. The molecule has 3 nitrogen and oxygen atoms in total. The van der Waals surface area contributed by atoms with Gasteiger partial charge in [0.25, 0.3) is 0 Å². The summed E-state index contributed by atoms with van der Waals surface area (Å²) >= 11 is 5.57. The van der Waals surface area contributed by atoms with E-state index in [1.165, 1.54) is 7.11 Å². The summed E-state index contributed by atoms with van der Waals surface area (Å²) < 4.78 is 4.71. The summed E-state index contributed by atoms with van der Waals surface area (Å²) in [4.78, 5) is 23.8. The van der Waals surface area contributed by atoms with Gasteiger partial charge < -0.3 is 4.74 Å². The number of methoxy groups -OCH3 is 1. The quantitative estimate of drug-likeness (QED) is 0.330. The van der Waals surface area contributed by atoms with Crippen molar-refractivity contribution in [3.8, 4) is 0 Å². The van der Waals surface area contributed by atoms with Gasteiger partial charge in [0.2, 0.25) is 0 Å². The van der Waals surface area contributed by atoms with Gasteiger partial charge in [-0.15, -0.1) is 11.6 Å². The number of carbonyl (C=O) groups excluding carboxylic acids is 2. The number of hydrogen-bond acceptors (Lipinski definition) is 3. The minimum Gasteiger partial charge on any atom is -0.468 e. The van der Waals surface area contributed by atoms with Crippen molar-refractivity contribution in [2.45, 2.75) is 25.2 Å². The zero-order valence-corrected chi connectivity index (χ0v) is 11.2. The molecule has 18 heavy (non-hydrogen) atoms. The van der Waals surface area contributed by atoms with Crippen LogP contribution in [0, 0.1) is 0 Å². The SMILES string of the molecule is COC(=O)C(C(=O)CCCCCl)c1ccccc1. The van der Waals surface area contributed by atoms with E-state index in [1.54, 1.807) is 24.3 Å². The predicted octanol–water partition coefficient (Wildman–Crippen LogP) is 2.92. The van der Waals surface area contributed by atoms with Crippen molar-refractivity contribution in [1.82, 2.24) is 0 Å². The summed E-state index contributed by atoms with van der Waals surface area (Å²) in [6.07, 6.45) is 1.82. The first kappa shape index (κ1) is 14.7. The van der Waals surface area contributed by atoms with Gasteiger partial charge in [-0.1, -0.05) is 30.3 Å². The first-order chi connectivity index (χ1) is 8.70. The van der Waals surface area contributed by atoms with Crippen LogP contribution >= 0.6 is 11.6 Å². The van der Waals surface area contributed by atoms with Crippen molar-refractivity contribution in [3.05, 3.63) is 35.9 Å². The highest BCUT2D eigenvalue weighted by molar-refractivity contribution is 6.17. The van der Waals surface area contributed by atoms with Gasteiger partial charge in [0, 0.05) is 12.3 Å². The molecule has 0 spiro atoms. The van der Waals surface area contributed by atoms with Crippen molar-refractivity contribution in [2.24, 2.45) is 0 Å². The molecule has 0 N–H and O–H groups in total. The van der Waals surface area contributed by atoms with Crippen molar-refractivity contribution in [2.75, 3.05) is 13.0 Å². The third-order valence-electron chi connectivity index (χ3n) is 2.70. The smallest absolute Gasteiger partial charge is 0.320 e. The molecule has 4 heteroatoms. The fourth-order valence-electron chi connectivity index (χ4n) is 1.75. The molecule has 0 fully saturated rings. The molecule has 0 heterocycles. The maximum atomic E-state index is 12.1. The number of alkyl halides is 1. The molecular weight excluding hydrogens is 252 g/mol. The summed E-state index contributed by atoms with van der Waals surface area (Å²) in [6.45, 7) is 0. The second-order valence-corrected chi connectivity index (χ2v) is 4.36. The Labute approximate surface area is 112 Å². The Morgan fingerprint density at radius 2 is 1.89 bits per heavy atom. The lowest BCUT2D eigenvalue weighted by Crippen LogP contribution is -2.23. The van der Waals surface area contributed by atoms with Crippen LogP contribution < -0.4 is 0 Å². The van der Waals surface area contributed by atoms with Gasteiger partial charge in [0.15, 0.2) is 5.78 Å². The third-order valence-corrected chi connectivity index (χ3v) is 2.97. The van der Waals surface area contributed by atoms with Gasteiger partial charge in [-0.05, 0) is 18.4 Å². The molecule has 0 saturated heterocycles. The Bertz CT molecular complexity index is 389. The number of Topliss-reactive ketones (excluding diaryl/α,β-unsaturated/α-hetero) is 1. The maximum Gasteiger partial charge on any atom is 0.320 e. The lowest BCUT2D eigenvalue weighted by Gasteiger charge is -2.13. The van der Waals surface area contributed by atoms with Crippen molar-refractivity contribution in [3.63, 3.8) is 0 Å². The van der Waals surface area contributed by atoms with Gasteiger partial charge >= 0.3 is 5.97 Å². The van der Waals surface area contributed by atoms with E-state index in [2.05, 4.69) is 0 Å². The highest BCUT2D eigenvalue weighted by atomic mass is 35.5. The second kappa shape index (κ2) is 7.88. The fourth-order valence-corrected chi connectivity index (χ4v) is 1.94. The molecule has 0 saturated carbocycles. The average Bonchev–Trinajstić information content (AvgIpc) is 2.40. The van der Waals surface area contributed by atoms with E-state index in [1.807, 2.05) is 6.07 Å². The molecule has 1 atom stereocenters. The molecule has 0 aliphatic carbocycles.